The van der Waals surface area contributed by atoms with Crippen molar-refractivity contribution in [1.82, 2.24) is 4.90 Å². The maximum Gasteiger partial charge on any atom is 0.265 e. The van der Waals surface area contributed by atoms with Crippen LogP contribution in [0.3, 0.4) is 0 Å². The molecule has 1 aliphatic carbocycles. The van der Waals surface area contributed by atoms with Crippen LogP contribution >= 0.6 is 0 Å². The zero-order valence-corrected chi connectivity index (χ0v) is 17.3. The first kappa shape index (κ1) is 20.1. The van der Waals surface area contributed by atoms with Crippen LogP contribution < -0.4 is 10.1 Å². The van der Waals surface area contributed by atoms with Gasteiger partial charge in [-0.25, -0.2) is 0 Å². The van der Waals surface area contributed by atoms with E-state index < -0.39 is 6.10 Å². The van der Waals surface area contributed by atoms with E-state index in [2.05, 4.69) is 5.32 Å². The number of ether oxygens (including phenoxy) is 1. The number of anilines is 1. The van der Waals surface area contributed by atoms with Crippen LogP contribution in [0.25, 0.3) is 0 Å². The van der Waals surface area contributed by atoms with Crippen LogP contribution in [0.1, 0.15) is 65.3 Å². The molecule has 1 aliphatic heterocycles. The van der Waals surface area contributed by atoms with Gasteiger partial charge in [0.2, 0.25) is 0 Å². The third-order valence-corrected chi connectivity index (χ3v) is 5.80. The van der Waals surface area contributed by atoms with E-state index in [9.17, 15) is 14.4 Å². The third-order valence-electron chi connectivity index (χ3n) is 5.80. The molecule has 1 saturated carbocycles. The summed E-state index contributed by atoms with van der Waals surface area (Å²) in [7, 11) is 0. The second-order valence-electron chi connectivity index (χ2n) is 8.10. The number of nitrogens with zero attached hydrogens (tertiary/aromatic N) is 1. The van der Waals surface area contributed by atoms with Crippen LogP contribution in [0.5, 0.6) is 5.75 Å². The van der Waals surface area contributed by atoms with Gasteiger partial charge in [0.15, 0.2) is 6.10 Å². The van der Waals surface area contributed by atoms with Gasteiger partial charge in [0.05, 0.1) is 11.1 Å². The van der Waals surface area contributed by atoms with E-state index in [-0.39, 0.29) is 23.8 Å². The predicted molar refractivity (Wildman–Crippen MR) is 114 cm³/mol. The number of benzene rings is 2. The van der Waals surface area contributed by atoms with E-state index in [4.69, 9.17) is 4.74 Å². The molecule has 3 amide bonds. The number of nitrogens with one attached hydrogen (secondary N) is 1. The van der Waals surface area contributed by atoms with Crippen molar-refractivity contribution in [2.24, 2.45) is 0 Å². The highest BCUT2D eigenvalue weighted by molar-refractivity contribution is 6.22. The fourth-order valence-electron chi connectivity index (χ4n) is 4.20. The van der Waals surface area contributed by atoms with Crippen molar-refractivity contribution in [3.63, 3.8) is 0 Å². The molecule has 0 radical (unpaired) electrons. The minimum atomic E-state index is -0.712. The molecular weight excluding hydrogens is 380 g/mol. The van der Waals surface area contributed by atoms with Gasteiger partial charge in [-0.15, -0.1) is 0 Å². The number of aryl methyl sites for hydroxylation is 1. The lowest BCUT2D eigenvalue weighted by Gasteiger charge is -2.29. The van der Waals surface area contributed by atoms with Gasteiger partial charge in [0.25, 0.3) is 17.7 Å². The van der Waals surface area contributed by atoms with E-state index in [0.717, 1.165) is 37.7 Å². The standard InChI is InChI=1S/C24H26N2O4/c1-15-7-6-10-19(13-15)30-16(2)22(27)25-17-11-12-20-21(14-17)24(29)26(23(20)28)18-8-4-3-5-9-18/h6-7,10-14,16,18H,3-5,8-9H2,1-2H3,(H,25,27). The molecule has 4 rings (SSSR count). The Bertz CT molecular complexity index is 994. The fraction of sp³-hybridized carbons (Fsp3) is 0.375. The molecule has 2 aliphatic rings. The van der Waals surface area contributed by atoms with Crippen LogP contribution in [0, 0.1) is 6.92 Å². The molecular formula is C24H26N2O4. The SMILES string of the molecule is Cc1cccc(OC(C)C(=O)Nc2ccc3c(c2)C(=O)N(C2CCCCC2)C3=O)c1. The normalized spacial score (nSPS) is 17.6. The highest BCUT2D eigenvalue weighted by atomic mass is 16.5. The van der Waals surface area contributed by atoms with Crippen molar-refractivity contribution in [3.05, 3.63) is 59.2 Å². The largest absolute Gasteiger partial charge is 0.481 e. The first-order valence-corrected chi connectivity index (χ1v) is 10.5. The fourth-order valence-corrected chi connectivity index (χ4v) is 4.20. The summed E-state index contributed by atoms with van der Waals surface area (Å²) in [6.45, 7) is 3.63. The minimum absolute atomic E-state index is 0.0213. The van der Waals surface area contributed by atoms with Gasteiger partial charge in [0, 0.05) is 11.7 Å². The highest BCUT2D eigenvalue weighted by Gasteiger charge is 2.40. The van der Waals surface area contributed by atoms with Gasteiger partial charge in [0.1, 0.15) is 5.75 Å². The topological polar surface area (TPSA) is 75.7 Å². The molecule has 1 N–H and O–H groups in total. The Morgan fingerprint density at radius 1 is 1.03 bits per heavy atom. The number of carbonyl (C=O) groups is 3. The lowest BCUT2D eigenvalue weighted by Crippen LogP contribution is -2.40. The number of hydrogen-bond donors (Lipinski definition) is 1. The Labute approximate surface area is 176 Å². The Hall–Kier alpha value is -3.15. The second kappa shape index (κ2) is 8.30. The van der Waals surface area contributed by atoms with Crippen LogP contribution in [-0.2, 0) is 4.79 Å². The Balaban J connectivity index is 1.46. The van der Waals surface area contributed by atoms with Gasteiger partial charge in [-0.1, -0.05) is 31.4 Å². The molecule has 6 heteroatoms. The number of rotatable bonds is 5. The maximum atomic E-state index is 12.9. The number of imide groups is 1. The minimum Gasteiger partial charge on any atom is -0.481 e. The van der Waals surface area contributed by atoms with E-state index >= 15 is 0 Å². The number of hydrogen-bond acceptors (Lipinski definition) is 4. The van der Waals surface area contributed by atoms with E-state index in [0.29, 0.717) is 22.6 Å². The average molecular weight is 406 g/mol. The molecule has 1 atom stereocenters. The molecule has 6 nitrogen and oxygen atoms in total. The number of carbonyl (C=O) groups excluding carboxylic acids is 3. The molecule has 1 heterocycles. The molecule has 1 fully saturated rings. The molecule has 1 unspecified atom stereocenters. The van der Waals surface area contributed by atoms with Crippen LogP contribution in [0.15, 0.2) is 42.5 Å². The lowest BCUT2D eigenvalue weighted by molar-refractivity contribution is -0.122. The molecule has 0 aromatic heterocycles. The summed E-state index contributed by atoms with van der Waals surface area (Å²) in [5, 5.41) is 2.79. The van der Waals surface area contributed by atoms with Gasteiger partial charge in [-0.05, 0) is 62.6 Å². The summed E-state index contributed by atoms with van der Waals surface area (Å²) in [6, 6.07) is 12.3. The van der Waals surface area contributed by atoms with Crippen LogP contribution in [0.2, 0.25) is 0 Å². The second-order valence-corrected chi connectivity index (χ2v) is 8.10. The van der Waals surface area contributed by atoms with Crippen molar-refractivity contribution in [1.29, 1.82) is 0 Å². The first-order chi connectivity index (χ1) is 14.4. The summed E-state index contributed by atoms with van der Waals surface area (Å²) >= 11 is 0. The number of fused-ring (bicyclic) bond motifs is 1. The molecule has 2 aromatic carbocycles. The smallest absolute Gasteiger partial charge is 0.265 e. The van der Waals surface area contributed by atoms with Gasteiger partial charge < -0.3 is 10.1 Å². The van der Waals surface area contributed by atoms with Crippen molar-refractivity contribution in [3.8, 4) is 5.75 Å². The third kappa shape index (κ3) is 3.95. The summed E-state index contributed by atoms with van der Waals surface area (Å²) in [4.78, 5) is 39.7. The highest BCUT2D eigenvalue weighted by Crippen LogP contribution is 2.32. The van der Waals surface area contributed by atoms with E-state index in [1.54, 1.807) is 31.2 Å². The zero-order valence-electron chi connectivity index (χ0n) is 17.3. The van der Waals surface area contributed by atoms with Crippen LogP contribution in [-0.4, -0.2) is 34.8 Å². The molecule has 0 bridgehead atoms. The maximum absolute atomic E-state index is 12.9. The van der Waals surface area contributed by atoms with E-state index in [1.807, 2.05) is 25.1 Å². The predicted octanol–water partition coefficient (Wildman–Crippen LogP) is 4.33. The summed E-state index contributed by atoms with van der Waals surface area (Å²) < 4.78 is 5.72. The average Bonchev–Trinajstić information content (AvgIpc) is 2.98. The molecule has 0 saturated heterocycles. The first-order valence-electron chi connectivity index (χ1n) is 10.5. The van der Waals surface area contributed by atoms with Crippen molar-refractivity contribution in [2.45, 2.75) is 58.1 Å². The lowest BCUT2D eigenvalue weighted by atomic mass is 9.94. The van der Waals surface area contributed by atoms with Crippen molar-refractivity contribution < 1.29 is 19.1 Å². The zero-order chi connectivity index (χ0) is 21.3. The Kier molecular flexibility index (Phi) is 5.57. The van der Waals surface area contributed by atoms with Gasteiger partial charge in [-0.2, -0.15) is 0 Å². The van der Waals surface area contributed by atoms with E-state index in [1.165, 1.54) is 4.90 Å². The Morgan fingerprint density at radius 2 is 1.77 bits per heavy atom. The van der Waals surface area contributed by atoms with Gasteiger partial charge in [-0.3, -0.25) is 19.3 Å². The van der Waals surface area contributed by atoms with Crippen LogP contribution in [0.4, 0.5) is 5.69 Å². The van der Waals surface area contributed by atoms with Crippen molar-refractivity contribution >= 4 is 23.4 Å². The monoisotopic (exact) mass is 406 g/mol. The Morgan fingerprint density at radius 3 is 2.50 bits per heavy atom. The summed E-state index contributed by atoms with van der Waals surface area (Å²) in [5.74, 6) is -0.189. The molecule has 156 valence electrons. The number of amides is 3. The van der Waals surface area contributed by atoms with Crippen molar-refractivity contribution in [2.75, 3.05) is 5.32 Å². The molecule has 30 heavy (non-hydrogen) atoms. The van der Waals surface area contributed by atoms with Gasteiger partial charge >= 0.3 is 0 Å². The summed E-state index contributed by atoms with van der Waals surface area (Å²) in [6.07, 6.45) is 4.25. The summed E-state index contributed by atoms with van der Waals surface area (Å²) in [5.41, 5.74) is 2.29. The molecule has 0 spiro atoms. The molecule has 2 aromatic rings. The quantitative estimate of drug-likeness (QED) is 0.750.